The monoisotopic (exact) mass is 392 g/mol. The fourth-order valence-corrected chi connectivity index (χ4v) is 3.18. The topological polar surface area (TPSA) is 148 Å². The van der Waals surface area contributed by atoms with Crippen LogP contribution < -0.4 is 11.5 Å². The maximum atomic E-state index is 12.2. The van der Waals surface area contributed by atoms with E-state index in [0.717, 1.165) is 18.4 Å². The van der Waals surface area contributed by atoms with E-state index in [-0.39, 0.29) is 32.1 Å². The number of carbonyl (C=O) groups is 4. The molecule has 0 saturated heterocycles. The second-order valence-electron chi connectivity index (χ2n) is 5.15. The van der Waals surface area contributed by atoms with Gasteiger partial charge in [0.2, 0.25) is 5.91 Å². The summed E-state index contributed by atoms with van der Waals surface area (Å²) in [5, 5.41) is 0.0408. The van der Waals surface area contributed by atoms with Gasteiger partial charge in [-0.05, 0) is 24.3 Å². The first kappa shape index (κ1) is 19.9. The van der Waals surface area contributed by atoms with Crippen molar-refractivity contribution in [1.29, 1.82) is 0 Å². The number of methoxy groups -OCH3 is 2. The Hall–Kier alpha value is -3.40. The zero-order chi connectivity index (χ0) is 20.1. The van der Waals surface area contributed by atoms with Crippen molar-refractivity contribution in [3.63, 3.8) is 0 Å². The number of esters is 3. The SMILES string of the molecule is COC(=O)c1sc(N)c(C(=O)OC)c1COC(=O)c1ccc(C(N)=O)cc1. The van der Waals surface area contributed by atoms with Gasteiger partial charge in [-0.2, -0.15) is 0 Å². The first-order valence-corrected chi connectivity index (χ1v) is 8.26. The zero-order valence-electron chi connectivity index (χ0n) is 14.4. The van der Waals surface area contributed by atoms with Gasteiger partial charge in [-0.1, -0.05) is 0 Å². The van der Waals surface area contributed by atoms with E-state index in [1.807, 2.05) is 0 Å². The second-order valence-corrected chi connectivity index (χ2v) is 6.20. The molecule has 0 spiro atoms. The molecule has 27 heavy (non-hydrogen) atoms. The third-order valence-electron chi connectivity index (χ3n) is 3.55. The van der Waals surface area contributed by atoms with Crippen LogP contribution in [0.25, 0.3) is 0 Å². The summed E-state index contributed by atoms with van der Waals surface area (Å²) in [5.74, 6) is -2.86. The number of anilines is 1. The van der Waals surface area contributed by atoms with Crippen molar-refractivity contribution in [2.24, 2.45) is 5.73 Å². The Kier molecular flexibility index (Phi) is 6.14. The summed E-state index contributed by atoms with van der Waals surface area (Å²) in [5.41, 5.74) is 11.4. The molecule has 0 bridgehead atoms. The predicted molar refractivity (Wildman–Crippen MR) is 95.5 cm³/mol. The van der Waals surface area contributed by atoms with Crippen molar-refractivity contribution in [1.82, 2.24) is 0 Å². The molecule has 0 unspecified atom stereocenters. The summed E-state index contributed by atoms with van der Waals surface area (Å²) in [6.07, 6.45) is 0. The van der Waals surface area contributed by atoms with E-state index in [1.54, 1.807) is 0 Å². The fraction of sp³-hybridized carbons (Fsp3) is 0.176. The molecule has 9 nitrogen and oxygen atoms in total. The van der Waals surface area contributed by atoms with Crippen LogP contribution in [-0.2, 0) is 20.8 Å². The Labute approximate surface area is 157 Å². The van der Waals surface area contributed by atoms with Crippen LogP contribution >= 0.6 is 11.3 Å². The Bertz CT molecular complexity index is 903. The van der Waals surface area contributed by atoms with E-state index in [4.69, 9.17) is 16.2 Å². The molecule has 0 radical (unpaired) electrons. The third kappa shape index (κ3) is 4.23. The number of amides is 1. The smallest absolute Gasteiger partial charge is 0.348 e. The van der Waals surface area contributed by atoms with Gasteiger partial charge in [0.05, 0.1) is 19.8 Å². The van der Waals surface area contributed by atoms with Crippen LogP contribution in [0, 0.1) is 0 Å². The molecule has 2 rings (SSSR count). The van der Waals surface area contributed by atoms with Crippen molar-refractivity contribution in [3.8, 4) is 0 Å². The first-order chi connectivity index (χ1) is 12.8. The van der Waals surface area contributed by atoms with Gasteiger partial charge >= 0.3 is 17.9 Å². The van der Waals surface area contributed by atoms with Crippen LogP contribution in [0.2, 0.25) is 0 Å². The zero-order valence-corrected chi connectivity index (χ0v) is 15.3. The van der Waals surface area contributed by atoms with Gasteiger partial charge in [0, 0.05) is 11.1 Å². The predicted octanol–water partition coefficient (Wildman–Crippen LogP) is 1.36. The average molecular weight is 392 g/mol. The second kappa shape index (κ2) is 8.32. The summed E-state index contributed by atoms with van der Waals surface area (Å²) in [4.78, 5) is 47.2. The molecular weight excluding hydrogens is 376 g/mol. The van der Waals surface area contributed by atoms with Crippen molar-refractivity contribution in [2.75, 3.05) is 20.0 Å². The molecule has 1 heterocycles. The lowest BCUT2D eigenvalue weighted by Crippen LogP contribution is -2.13. The van der Waals surface area contributed by atoms with Crippen LogP contribution in [0.5, 0.6) is 0 Å². The lowest BCUT2D eigenvalue weighted by atomic mass is 10.1. The number of benzene rings is 1. The number of ether oxygens (including phenoxy) is 3. The van der Waals surface area contributed by atoms with Crippen molar-refractivity contribution >= 4 is 40.2 Å². The highest BCUT2D eigenvalue weighted by atomic mass is 32.1. The van der Waals surface area contributed by atoms with Crippen LogP contribution in [0.4, 0.5) is 5.00 Å². The average Bonchev–Trinajstić information content (AvgIpc) is 3.01. The standard InChI is InChI=1S/C17H16N2O7S/c1-24-16(22)11-10(12(17(23)25-2)27-14(11)19)7-26-15(21)9-5-3-8(4-6-9)13(18)20/h3-6H,7,19H2,1-2H3,(H2,18,20). The van der Waals surface area contributed by atoms with E-state index in [2.05, 4.69) is 9.47 Å². The summed E-state index contributed by atoms with van der Waals surface area (Å²) < 4.78 is 14.5. The molecule has 142 valence electrons. The highest BCUT2D eigenvalue weighted by Crippen LogP contribution is 2.33. The number of hydrogen-bond acceptors (Lipinski definition) is 9. The molecule has 0 atom stereocenters. The highest BCUT2D eigenvalue weighted by molar-refractivity contribution is 7.18. The summed E-state index contributed by atoms with van der Waals surface area (Å²) in [6.45, 7) is -0.404. The number of rotatable bonds is 6. The van der Waals surface area contributed by atoms with Gasteiger partial charge in [0.15, 0.2) is 0 Å². The normalized spacial score (nSPS) is 10.1. The van der Waals surface area contributed by atoms with Crippen molar-refractivity contribution in [2.45, 2.75) is 6.61 Å². The van der Waals surface area contributed by atoms with Crippen molar-refractivity contribution < 1.29 is 33.4 Å². The Morgan fingerprint density at radius 3 is 2.00 bits per heavy atom. The van der Waals surface area contributed by atoms with E-state index in [1.165, 1.54) is 31.4 Å². The lowest BCUT2D eigenvalue weighted by Gasteiger charge is -2.08. The first-order valence-electron chi connectivity index (χ1n) is 7.44. The Balaban J connectivity index is 2.27. The number of nitrogen functional groups attached to an aromatic ring is 1. The Morgan fingerprint density at radius 1 is 0.926 bits per heavy atom. The molecule has 10 heteroatoms. The molecule has 0 aliphatic heterocycles. The van der Waals surface area contributed by atoms with Crippen LogP contribution in [0.3, 0.4) is 0 Å². The van der Waals surface area contributed by atoms with E-state index in [9.17, 15) is 19.2 Å². The van der Waals surface area contributed by atoms with Crippen molar-refractivity contribution in [3.05, 3.63) is 51.4 Å². The van der Waals surface area contributed by atoms with Crippen LogP contribution in [0.1, 0.15) is 46.3 Å². The largest absolute Gasteiger partial charge is 0.465 e. The molecule has 0 aliphatic rings. The van der Waals surface area contributed by atoms with E-state index in [0.29, 0.717) is 0 Å². The molecule has 1 aromatic carbocycles. The van der Waals surface area contributed by atoms with E-state index < -0.39 is 30.4 Å². The number of carbonyl (C=O) groups excluding carboxylic acids is 4. The van der Waals surface area contributed by atoms with Gasteiger partial charge in [0.1, 0.15) is 22.0 Å². The minimum Gasteiger partial charge on any atom is -0.465 e. The minimum absolute atomic E-state index is 0.0345. The van der Waals surface area contributed by atoms with Crippen LogP contribution in [0.15, 0.2) is 24.3 Å². The quantitative estimate of drug-likeness (QED) is 0.553. The van der Waals surface area contributed by atoms with Gasteiger partial charge in [-0.3, -0.25) is 4.79 Å². The molecule has 0 fully saturated rings. The number of hydrogen-bond donors (Lipinski definition) is 2. The molecule has 1 amide bonds. The summed E-state index contributed by atoms with van der Waals surface area (Å²) in [6, 6.07) is 5.49. The van der Waals surface area contributed by atoms with Crippen LogP contribution in [-0.4, -0.2) is 38.0 Å². The number of thiophene rings is 1. The number of primary amides is 1. The molecule has 0 saturated carbocycles. The summed E-state index contributed by atoms with van der Waals surface area (Å²) in [7, 11) is 2.33. The molecule has 2 aromatic rings. The highest BCUT2D eigenvalue weighted by Gasteiger charge is 2.28. The molecule has 0 aliphatic carbocycles. The number of nitrogens with two attached hydrogens (primary N) is 2. The Morgan fingerprint density at radius 2 is 1.48 bits per heavy atom. The fourth-order valence-electron chi connectivity index (χ4n) is 2.20. The lowest BCUT2D eigenvalue weighted by molar-refractivity contribution is 0.0452. The van der Waals surface area contributed by atoms with Gasteiger partial charge < -0.3 is 25.7 Å². The maximum Gasteiger partial charge on any atom is 0.348 e. The maximum absolute atomic E-state index is 12.2. The summed E-state index contributed by atoms with van der Waals surface area (Å²) >= 11 is 0.830. The molecular formula is C17H16N2O7S. The minimum atomic E-state index is -0.768. The molecule has 4 N–H and O–H groups in total. The van der Waals surface area contributed by atoms with E-state index >= 15 is 0 Å². The van der Waals surface area contributed by atoms with Gasteiger partial charge in [-0.15, -0.1) is 11.3 Å². The van der Waals surface area contributed by atoms with Gasteiger partial charge in [0.25, 0.3) is 0 Å². The third-order valence-corrected chi connectivity index (χ3v) is 4.59. The molecule has 1 aromatic heterocycles. The van der Waals surface area contributed by atoms with Gasteiger partial charge in [-0.25, -0.2) is 14.4 Å².